The molecule has 3 aromatic carbocycles. The molecule has 1 fully saturated rings. The molecule has 0 aliphatic carbocycles. The first-order valence-electron chi connectivity index (χ1n) is 14.3. The van der Waals surface area contributed by atoms with Crippen LogP contribution < -0.4 is 9.47 Å². The van der Waals surface area contributed by atoms with Gasteiger partial charge in [0.2, 0.25) is 5.82 Å². The fraction of sp³-hybridized carbons (Fsp3) is 0.273. The van der Waals surface area contributed by atoms with E-state index in [0.29, 0.717) is 36.3 Å². The van der Waals surface area contributed by atoms with Crippen molar-refractivity contribution in [3.63, 3.8) is 0 Å². The zero-order valence-corrected chi connectivity index (χ0v) is 25.2. The largest absolute Gasteiger partial charge is 0.494 e. The van der Waals surface area contributed by atoms with Crippen LogP contribution in [0, 0.1) is 23.3 Å². The van der Waals surface area contributed by atoms with Gasteiger partial charge in [0.25, 0.3) is 0 Å². The standard InChI is InChI=1S/C33H31F5N6O2/c1-39-17-24-31(23-9-8-20(14-25(23)35)19-46-32-29(37)21(16-34)15-26(36)30(32)38)42-44(33(24)40-2)22-10-12-43(18-22)13-11-41-27-6-4-5-7-28(27)45-3/h4-9,11,14-15,17,22H,2,10,12-13,16,18-19H2,1,3H3/b39-17-,41-11+/t22-/m1/s1. The Hall–Kier alpha value is -4.91. The van der Waals surface area contributed by atoms with Crippen LogP contribution in [0.4, 0.5) is 33.5 Å². The number of aromatic nitrogens is 2. The molecule has 0 radical (unpaired) electrons. The molecular weight excluding hydrogens is 607 g/mol. The lowest BCUT2D eigenvalue weighted by atomic mass is 10.1. The molecule has 1 saturated heterocycles. The summed E-state index contributed by atoms with van der Waals surface area (Å²) < 4.78 is 83.1. The molecular formula is C33H31F5N6O2. The fourth-order valence-corrected chi connectivity index (χ4v) is 5.32. The predicted octanol–water partition coefficient (Wildman–Crippen LogP) is 7.19. The van der Waals surface area contributed by atoms with Crippen molar-refractivity contribution >= 4 is 30.7 Å². The van der Waals surface area contributed by atoms with Crippen molar-refractivity contribution in [2.45, 2.75) is 25.7 Å². The van der Waals surface area contributed by atoms with Crippen molar-refractivity contribution in [1.82, 2.24) is 14.7 Å². The van der Waals surface area contributed by atoms with Gasteiger partial charge in [-0.25, -0.2) is 27.2 Å². The molecule has 4 aromatic rings. The topological polar surface area (TPSA) is 76.6 Å². The Kier molecular flexibility index (Phi) is 10.2. The summed E-state index contributed by atoms with van der Waals surface area (Å²) in [5, 5.41) is 4.74. The van der Waals surface area contributed by atoms with Gasteiger partial charge in [0.1, 0.15) is 36.2 Å². The second-order valence-electron chi connectivity index (χ2n) is 10.5. The van der Waals surface area contributed by atoms with Crippen molar-refractivity contribution in [1.29, 1.82) is 0 Å². The van der Waals surface area contributed by atoms with E-state index in [-0.39, 0.29) is 22.9 Å². The Morgan fingerprint density at radius 3 is 2.59 bits per heavy atom. The van der Waals surface area contributed by atoms with Crippen LogP contribution in [-0.2, 0) is 13.3 Å². The van der Waals surface area contributed by atoms with Gasteiger partial charge in [-0.1, -0.05) is 18.2 Å². The molecule has 0 N–H and O–H groups in total. The molecule has 2 heterocycles. The van der Waals surface area contributed by atoms with Gasteiger partial charge in [0.05, 0.1) is 18.7 Å². The highest BCUT2D eigenvalue weighted by Crippen LogP contribution is 2.36. The monoisotopic (exact) mass is 638 g/mol. The quantitative estimate of drug-likeness (QED) is 0.0935. The average molecular weight is 639 g/mol. The minimum atomic E-state index is -1.60. The summed E-state index contributed by atoms with van der Waals surface area (Å²) in [7, 11) is 3.17. The van der Waals surface area contributed by atoms with Gasteiger partial charge >= 0.3 is 0 Å². The maximum absolute atomic E-state index is 15.6. The number of halogens is 5. The van der Waals surface area contributed by atoms with E-state index in [0.717, 1.165) is 24.7 Å². The van der Waals surface area contributed by atoms with Crippen LogP contribution in [0.2, 0.25) is 0 Å². The predicted molar refractivity (Wildman–Crippen MR) is 167 cm³/mol. The molecule has 1 aliphatic heterocycles. The molecule has 1 aliphatic rings. The number of rotatable bonds is 12. The number of likely N-dealkylation sites (tertiary alicyclic amines) is 1. The summed E-state index contributed by atoms with van der Waals surface area (Å²) in [6.07, 6.45) is 4.11. The number of para-hydroxylation sites is 2. The Morgan fingerprint density at radius 2 is 1.87 bits per heavy atom. The number of ether oxygens (including phenoxy) is 2. The van der Waals surface area contributed by atoms with Gasteiger partial charge in [0.15, 0.2) is 23.2 Å². The number of nitrogens with zero attached hydrogens (tertiary/aromatic N) is 6. The zero-order chi connectivity index (χ0) is 32.8. The average Bonchev–Trinajstić information content (AvgIpc) is 3.67. The van der Waals surface area contributed by atoms with E-state index >= 15 is 4.39 Å². The highest BCUT2D eigenvalue weighted by atomic mass is 19.2. The Bertz CT molecular complexity index is 1790. The first kappa shape index (κ1) is 32.5. The van der Waals surface area contributed by atoms with Gasteiger partial charge in [-0.3, -0.25) is 14.9 Å². The number of aliphatic imine (C=N–C) groups is 3. The van der Waals surface area contributed by atoms with E-state index < -0.39 is 47.9 Å². The van der Waals surface area contributed by atoms with Gasteiger partial charge in [0, 0.05) is 50.2 Å². The molecule has 0 unspecified atom stereocenters. The fourth-order valence-electron chi connectivity index (χ4n) is 5.32. The Balaban J connectivity index is 1.35. The minimum absolute atomic E-state index is 0.0843. The van der Waals surface area contributed by atoms with E-state index in [1.165, 1.54) is 18.3 Å². The normalized spacial score (nSPS) is 15.3. The van der Waals surface area contributed by atoms with Crippen molar-refractivity contribution in [2.75, 3.05) is 33.8 Å². The summed E-state index contributed by atoms with van der Waals surface area (Å²) in [5.74, 6) is -5.06. The number of benzene rings is 3. The third kappa shape index (κ3) is 6.69. The molecule has 8 nitrogen and oxygen atoms in total. The number of alkyl halides is 1. The summed E-state index contributed by atoms with van der Waals surface area (Å²) >= 11 is 0. The Morgan fingerprint density at radius 1 is 1.07 bits per heavy atom. The molecule has 0 bridgehead atoms. The summed E-state index contributed by atoms with van der Waals surface area (Å²) in [6, 6.07) is 11.9. The maximum Gasteiger partial charge on any atom is 0.203 e. The lowest BCUT2D eigenvalue weighted by Crippen LogP contribution is -2.23. The molecule has 13 heteroatoms. The molecule has 0 saturated carbocycles. The van der Waals surface area contributed by atoms with E-state index in [4.69, 9.17) is 14.6 Å². The van der Waals surface area contributed by atoms with E-state index in [1.807, 2.05) is 30.5 Å². The first-order valence-corrected chi connectivity index (χ1v) is 14.3. The van der Waals surface area contributed by atoms with Crippen LogP contribution >= 0.6 is 0 Å². The summed E-state index contributed by atoms with van der Waals surface area (Å²) in [4.78, 5) is 15.1. The van der Waals surface area contributed by atoms with Crippen LogP contribution in [0.5, 0.6) is 11.5 Å². The second-order valence-corrected chi connectivity index (χ2v) is 10.5. The SMILES string of the molecule is C=Nc1c(/C=N\C)c(-c2ccc(COc3c(F)c(F)cc(CF)c3F)cc2F)nn1[C@@H]1CCN(C/C=N/c2ccccc2OC)C1. The third-order valence-corrected chi connectivity index (χ3v) is 7.58. The van der Waals surface area contributed by atoms with Crippen molar-refractivity contribution < 1.29 is 31.4 Å². The number of hydrogen-bond donors (Lipinski definition) is 0. The van der Waals surface area contributed by atoms with Crippen LogP contribution in [0.1, 0.15) is 29.2 Å². The van der Waals surface area contributed by atoms with Crippen molar-refractivity contribution in [3.05, 3.63) is 88.5 Å². The highest BCUT2D eigenvalue weighted by molar-refractivity contribution is 5.94. The van der Waals surface area contributed by atoms with Crippen LogP contribution in [0.3, 0.4) is 0 Å². The van der Waals surface area contributed by atoms with Crippen LogP contribution in [-0.4, -0.2) is 67.6 Å². The van der Waals surface area contributed by atoms with Crippen molar-refractivity contribution in [3.8, 4) is 22.8 Å². The second kappa shape index (κ2) is 14.5. The molecule has 0 spiro atoms. The van der Waals surface area contributed by atoms with Crippen molar-refractivity contribution in [2.24, 2.45) is 15.0 Å². The molecule has 1 atom stereocenters. The highest BCUT2D eigenvalue weighted by Gasteiger charge is 2.29. The molecule has 5 rings (SSSR count). The number of methoxy groups -OCH3 is 1. The molecule has 1 aromatic heterocycles. The number of hydrogen-bond acceptors (Lipinski definition) is 7. The molecule has 240 valence electrons. The zero-order valence-electron chi connectivity index (χ0n) is 25.2. The lowest BCUT2D eigenvalue weighted by molar-refractivity contribution is 0.265. The van der Waals surface area contributed by atoms with E-state index in [2.05, 4.69) is 26.6 Å². The molecule has 46 heavy (non-hydrogen) atoms. The summed E-state index contributed by atoms with van der Waals surface area (Å²) in [5.41, 5.74) is 1.12. The van der Waals surface area contributed by atoms with Gasteiger partial charge < -0.3 is 9.47 Å². The first-order chi connectivity index (χ1) is 22.3. The Labute approximate surface area is 262 Å². The lowest BCUT2D eigenvalue weighted by Gasteiger charge is -2.15. The van der Waals surface area contributed by atoms with E-state index in [1.54, 1.807) is 18.8 Å². The minimum Gasteiger partial charge on any atom is -0.494 e. The third-order valence-electron chi connectivity index (χ3n) is 7.58. The van der Waals surface area contributed by atoms with Gasteiger partial charge in [-0.05, 0) is 49.0 Å². The van der Waals surface area contributed by atoms with E-state index in [9.17, 15) is 17.6 Å². The van der Waals surface area contributed by atoms with Gasteiger partial charge in [-0.2, -0.15) is 9.49 Å². The smallest absolute Gasteiger partial charge is 0.203 e. The van der Waals surface area contributed by atoms with Gasteiger partial charge in [-0.15, -0.1) is 0 Å². The summed E-state index contributed by atoms with van der Waals surface area (Å²) in [6.45, 7) is 3.87. The maximum atomic E-state index is 15.6. The van der Waals surface area contributed by atoms with Crippen LogP contribution in [0.25, 0.3) is 11.3 Å². The van der Waals surface area contributed by atoms with Crippen LogP contribution in [0.15, 0.2) is 63.5 Å². The molecule has 0 amide bonds.